The molecule has 3 heteroatoms. The Labute approximate surface area is 107 Å². The first kappa shape index (κ1) is 12.6. The van der Waals surface area contributed by atoms with Crippen LogP contribution in [0.2, 0.25) is 0 Å². The first-order chi connectivity index (χ1) is 8.72. The molecule has 0 aliphatic rings. The van der Waals surface area contributed by atoms with Crippen molar-refractivity contribution >= 4 is 0 Å². The minimum atomic E-state index is 0.0846. The van der Waals surface area contributed by atoms with Gasteiger partial charge in [0.25, 0.3) is 0 Å². The standard InChI is InChI=1S/C15H17NO2/c1-3-18-11(2)12-6-8-13(9-7-12)15-14(17)5-4-10-16-15/h4-11,17H,3H2,1-2H3/t11-/m1/s1. The lowest BCUT2D eigenvalue weighted by atomic mass is 10.1. The van der Waals surface area contributed by atoms with E-state index in [2.05, 4.69) is 4.98 Å². The van der Waals surface area contributed by atoms with Crippen LogP contribution in [-0.4, -0.2) is 16.7 Å². The molecule has 18 heavy (non-hydrogen) atoms. The third-order valence-electron chi connectivity index (χ3n) is 2.86. The van der Waals surface area contributed by atoms with Crippen molar-refractivity contribution in [3.8, 4) is 17.0 Å². The van der Waals surface area contributed by atoms with E-state index < -0.39 is 0 Å². The van der Waals surface area contributed by atoms with Crippen LogP contribution in [0.5, 0.6) is 5.75 Å². The summed E-state index contributed by atoms with van der Waals surface area (Å²) >= 11 is 0. The molecular weight excluding hydrogens is 226 g/mol. The molecule has 0 radical (unpaired) electrons. The minimum absolute atomic E-state index is 0.0846. The fourth-order valence-electron chi connectivity index (χ4n) is 1.88. The molecule has 0 fully saturated rings. The molecule has 1 heterocycles. The highest BCUT2D eigenvalue weighted by Crippen LogP contribution is 2.27. The van der Waals surface area contributed by atoms with E-state index in [1.165, 1.54) is 0 Å². The summed E-state index contributed by atoms with van der Waals surface area (Å²) in [4.78, 5) is 4.18. The number of benzene rings is 1. The van der Waals surface area contributed by atoms with E-state index in [-0.39, 0.29) is 11.9 Å². The number of hydrogen-bond acceptors (Lipinski definition) is 3. The average Bonchev–Trinajstić information content (AvgIpc) is 2.40. The van der Waals surface area contributed by atoms with Crippen molar-refractivity contribution in [1.29, 1.82) is 0 Å². The minimum Gasteiger partial charge on any atom is -0.506 e. The molecule has 0 bridgehead atoms. The summed E-state index contributed by atoms with van der Waals surface area (Å²) < 4.78 is 5.53. The zero-order valence-corrected chi connectivity index (χ0v) is 10.6. The Balaban J connectivity index is 2.25. The lowest BCUT2D eigenvalue weighted by molar-refractivity contribution is 0.0764. The Morgan fingerprint density at radius 2 is 1.94 bits per heavy atom. The summed E-state index contributed by atoms with van der Waals surface area (Å²) in [5.41, 5.74) is 2.63. The quantitative estimate of drug-likeness (QED) is 0.892. The second-order valence-corrected chi connectivity index (χ2v) is 4.09. The summed E-state index contributed by atoms with van der Waals surface area (Å²) in [6.45, 7) is 4.71. The molecule has 0 aliphatic carbocycles. The molecule has 2 rings (SSSR count). The fourth-order valence-corrected chi connectivity index (χ4v) is 1.88. The molecule has 3 nitrogen and oxygen atoms in total. The van der Waals surface area contributed by atoms with Crippen LogP contribution in [-0.2, 0) is 4.74 Å². The van der Waals surface area contributed by atoms with E-state index in [4.69, 9.17) is 4.74 Å². The molecule has 0 unspecified atom stereocenters. The van der Waals surface area contributed by atoms with E-state index in [0.29, 0.717) is 12.3 Å². The second kappa shape index (κ2) is 5.65. The monoisotopic (exact) mass is 243 g/mol. The van der Waals surface area contributed by atoms with Crippen LogP contribution in [0.4, 0.5) is 0 Å². The van der Waals surface area contributed by atoms with Gasteiger partial charge in [0.2, 0.25) is 0 Å². The summed E-state index contributed by atoms with van der Waals surface area (Å²) in [5.74, 6) is 0.197. The van der Waals surface area contributed by atoms with E-state index >= 15 is 0 Å². The van der Waals surface area contributed by atoms with E-state index in [0.717, 1.165) is 11.1 Å². The van der Waals surface area contributed by atoms with Gasteiger partial charge in [-0.25, -0.2) is 0 Å². The summed E-state index contributed by atoms with van der Waals surface area (Å²) in [5, 5.41) is 9.74. The normalized spacial score (nSPS) is 12.3. The van der Waals surface area contributed by atoms with Gasteiger partial charge in [0.15, 0.2) is 0 Å². The number of aromatic hydroxyl groups is 1. The molecule has 0 spiro atoms. The highest BCUT2D eigenvalue weighted by atomic mass is 16.5. The first-order valence-electron chi connectivity index (χ1n) is 6.08. The molecule has 1 aromatic heterocycles. The van der Waals surface area contributed by atoms with Gasteiger partial charge in [-0.3, -0.25) is 4.98 Å². The number of rotatable bonds is 4. The predicted octanol–water partition coefficient (Wildman–Crippen LogP) is 3.55. The van der Waals surface area contributed by atoms with Crippen LogP contribution in [0.1, 0.15) is 25.5 Å². The van der Waals surface area contributed by atoms with Gasteiger partial charge in [-0.05, 0) is 31.5 Å². The fraction of sp³-hybridized carbons (Fsp3) is 0.267. The van der Waals surface area contributed by atoms with Crippen molar-refractivity contribution in [3.63, 3.8) is 0 Å². The topological polar surface area (TPSA) is 42.4 Å². The van der Waals surface area contributed by atoms with Crippen molar-refractivity contribution in [2.24, 2.45) is 0 Å². The van der Waals surface area contributed by atoms with Crippen molar-refractivity contribution in [2.45, 2.75) is 20.0 Å². The summed E-state index contributed by atoms with van der Waals surface area (Å²) in [6.07, 6.45) is 1.76. The Morgan fingerprint density at radius 3 is 2.56 bits per heavy atom. The zero-order chi connectivity index (χ0) is 13.0. The van der Waals surface area contributed by atoms with Crippen molar-refractivity contribution in [2.75, 3.05) is 6.61 Å². The van der Waals surface area contributed by atoms with Crippen molar-refractivity contribution in [1.82, 2.24) is 4.98 Å². The Morgan fingerprint density at radius 1 is 1.22 bits per heavy atom. The maximum atomic E-state index is 9.74. The van der Waals surface area contributed by atoms with Crippen LogP contribution in [0.3, 0.4) is 0 Å². The van der Waals surface area contributed by atoms with Gasteiger partial charge in [-0.15, -0.1) is 0 Å². The summed E-state index contributed by atoms with van der Waals surface area (Å²) in [7, 11) is 0. The highest BCUT2D eigenvalue weighted by Gasteiger charge is 2.07. The molecule has 1 N–H and O–H groups in total. The summed E-state index contributed by atoms with van der Waals surface area (Å²) in [6, 6.07) is 11.3. The molecule has 0 aliphatic heterocycles. The van der Waals surface area contributed by atoms with Gasteiger partial charge in [0.1, 0.15) is 11.4 Å². The second-order valence-electron chi connectivity index (χ2n) is 4.09. The molecule has 94 valence electrons. The largest absolute Gasteiger partial charge is 0.506 e. The van der Waals surface area contributed by atoms with Crippen LogP contribution in [0.15, 0.2) is 42.6 Å². The van der Waals surface area contributed by atoms with Gasteiger partial charge in [-0.1, -0.05) is 24.3 Å². The van der Waals surface area contributed by atoms with Gasteiger partial charge in [0, 0.05) is 18.4 Å². The number of aromatic nitrogens is 1. The van der Waals surface area contributed by atoms with Crippen molar-refractivity contribution < 1.29 is 9.84 Å². The maximum absolute atomic E-state index is 9.74. The highest BCUT2D eigenvalue weighted by molar-refractivity contribution is 5.65. The molecule has 0 saturated heterocycles. The number of pyridine rings is 1. The maximum Gasteiger partial charge on any atom is 0.141 e. The first-order valence-corrected chi connectivity index (χ1v) is 6.08. The number of nitrogens with zero attached hydrogens (tertiary/aromatic N) is 1. The third kappa shape index (κ3) is 2.68. The van der Waals surface area contributed by atoms with Gasteiger partial charge >= 0.3 is 0 Å². The lowest BCUT2D eigenvalue weighted by Crippen LogP contribution is -1.99. The van der Waals surface area contributed by atoms with E-state index in [1.807, 2.05) is 38.1 Å². The average molecular weight is 243 g/mol. The smallest absolute Gasteiger partial charge is 0.141 e. The van der Waals surface area contributed by atoms with Crippen LogP contribution in [0.25, 0.3) is 11.3 Å². The molecular formula is C15H17NO2. The van der Waals surface area contributed by atoms with Crippen LogP contribution >= 0.6 is 0 Å². The van der Waals surface area contributed by atoms with E-state index in [9.17, 15) is 5.11 Å². The SMILES string of the molecule is CCO[C@H](C)c1ccc(-c2ncccc2O)cc1. The van der Waals surface area contributed by atoms with Crippen molar-refractivity contribution in [3.05, 3.63) is 48.2 Å². The van der Waals surface area contributed by atoms with E-state index in [1.54, 1.807) is 18.3 Å². The molecule has 1 atom stereocenters. The van der Waals surface area contributed by atoms with Crippen LogP contribution < -0.4 is 0 Å². The Hall–Kier alpha value is -1.87. The molecule has 2 aromatic rings. The Bertz CT molecular complexity index is 508. The molecule has 0 saturated carbocycles. The third-order valence-corrected chi connectivity index (χ3v) is 2.86. The number of hydrogen-bond donors (Lipinski definition) is 1. The lowest BCUT2D eigenvalue weighted by Gasteiger charge is -2.12. The zero-order valence-electron chi connectivity index (χ0n) is 10.6. The Kier molecular flexibility index (Phi) is 3.95. The van der Waals surface area contributed by atoms with Gasteiger partial charge in [0.05, 0.1) is 6.10 Å². The van der Waals surface area contributed by atoms with Crippen LogP contribution in [0, 0.1) is 0 Å². The predicted molar refractivity (Wildman–Crippen MR) is 71.4 cm³/mol. The molecule has 1 aromatic carbocycles. The number of ether oxygens (including phenoxy) is 1. The molecule has 0 amide bonds. The van der Waals surface area contributed by atoms with Gasteiger partial charge < -0.3 is 9.84 Å². The van der Waals surface area contributed by atoms with Gasteiger partial charge in [-0.2, -0.15) is 0 Å².